The molecule has 1 N–H and O–H groups in total. The molecule has 0 saturated carbocycles. The number of rotatable bonds is 2. The number of thioether (sulfide) groups is 1. The number of benzene rings is 1. The molecule has 4 heteroatoms. The molecule has 1 fully saturated rings. The largest absolute Gasteiger partial charge is 0.380 e. The van der Waals surface area contributed by atoms with Crippen molar-refractivity contribution >= 4 is 11.8 Å². The SMILES string of the molecule is Fc1cccc2c1SCCC2NC1CCCOC1. The molecule has 0 amide bonds. The van der Waals surface area contributed by atoms with E-state index in [1.54, 1.807) is 17.8 Å². The van der Waals surface area contributed by atoms with Gasteiger partial charge in [-0.2, -0.15) is 0 Å². The summed E-state index contributed by atoms with van der Waals surface area (Å²) in [5.74, 6) is 0.906. The summed E-state index contributed by atoms with van der Waals surface area (Å²) in [5.41, 5.74) is 1.12. The molecule has 2 nitrogen and oxygen atoms in total. The first-order valence-electron chi connectivity index (χ1n) is 6.59. The van der Waals surface area contributed by atoms with Gasteiger partial charge in [-0.15, -0.1) is 11.8 Å². The first-order valence-corrected chi connectivity index (χ1v) is 7.58. The highest BCUT2D eigenvalue weighted by atomic mass is 32.2. The Kier molecular flexibility index (Phi) is 3.87. The second-order valence-electron chi connectivity index (χ2n) is 4.93. The van der Waals surface area contributed by atoms with E-state index >= 15 is 0 Å². The van der Waals surface area contributed by atoms with E-state index in [4.69, 9.17) is 4.74 Å². The maximum atomic E-state index is 13.7. The molecular weight excluding hydrogens is 249 g/mol. The minimum atomic E-state index is -0.0797. The van der Waals surface area contributed by atoms with Crippen LogP contribution >= 0.6 is 11.8 Å². The van der Waals surface area contributed by atoms with Crippen LogP contribution in [0.3, 0.4) is 0 Å². The van der Waals surface area contributed by atoms with Crippen LogP contribution < -0.4 is 5.32 Å². The molecule has 1 aromatic rings. The third kappa shape index (κ3) is 2.56. The number of hydrogen-bond acceptors (Lipinski definition) is 3. The zero-order chi connectivity index (χ0) is 12.4. The molecule has 3 rings (SSSR count). The summed E-state index contributed by atoms with van der Waals surface area (Å²) in [6, 6.07) is 6.11. The van der Waals surface area contributed by atoms with Gasteiger partial charge in [0.2, 0.25) is 0 Å². The van der Waals surface area contributed by atoms with Gasteiger partial charge in [-0.25, -0.2) is 4.39 Å². The van der Waals surface area contributed by atoms with Crippen molar-refractivity contribution < 1.29 is 9.13 Å². The lowest BCUT2D eigenvalue weighted by atomic mass is 10.0. The molecule has 2 atom stereocenters. The first kappa shape index (κ1) is 12.5. The van der Waals surface area contributed by atoms with Crippen molar-refractivity contribution in [2.75, 3.05) is 19.0 Å². The molecule has 0 spiro atoms. The predicted molar refractivity (Wildman–Crippen MR) is 71.5 cm³/mol. The lowest BCUT2D eigenvalue weighted by molar-refractivity contribution is 0.0659. The summed E-state index contributed by atoms with van der Waals surface area (Å²) < 4.78 is 19.2. The van der Waals surface area contributed by atoms with Gasteiger partial charge in [-0.1, -0.05) is 12.1 Å². The Bertz CT molecular complexity index is 420. The Balaban J connectivity index is 1.76. The smallest absolute Gasteiger partial charge is 0.137 e. The van der Waals surface area contributed by atoms with Crippen molar-refractivity contribution in [3.8, 4) is 0 Å². The normalized spacial score (nSPS) is 27.8. The van der Waals surface area contributed by atoms with Crippen LogP contribution in [0.25, 0.3) is 0 Å². The summed E-state index contributed by atoms with van der Waals surface area (Å²) in [7, 11) is 0. The Hall–Kier alpha value is -0.580. The number of halogens is 1. The summed E-state index contributed by atoms with van der Waals surface area (Å²) in [4.78, 5) is 0.831. The number of fused-ring (bicyclic) bond motifs is 1. The molecular formula is C14H18FNOS. The highest BCUT2D eigenvalue weighted by Gasteiger charge is 2.25. The maximum absolute atomic E-state index is 13.7. The van der Waals surface area contributed by atoms with Crippen LogP contribution in [-0.4, -0.2) is 25.0 Å². The Labute approximate surface area is 111 Å². The van der Waals surface area contributed by atoms with Crippen molar-refractivity contribution in [2.45, 2.75) is 36.2 Å². The zero-order valence-electron chi connectivity index (χ0n) is 10.3. The lowest BCUT2D eigenvalue weighted by Gasteiger charge is -2.32. The maximum Gasteiger partial charge on any atom is 0.137 e. The molecule has 98 valence electrons. The van der Waals surface area contributed by atoms with Crippen molar-refractivity contribution in [3.63, 3.8) is 0 Å². The van der Waals surface area contributed by atoms with Crippen molar-refractivity contribution in [2.24, 2.45) is 0 Å². The molecule has 0 aromatic heterocycles. The van der Waals surface area contributed by atoms with Gasteiger partial charge >= 0.3 is 0 Å². The highest BCUT2D eigenvalue weighted by Crippen LogP contribution is 2.38. The number of hydrogen-bond donors (Lipinski definition) is 1. The minimum absolute atomic E-state index is 0.0797. The lowest BCUT2D eigenvalue weighted by Crippen LogP contribution is -2.40. The predicted octanol–water partition coefficient (Wildman–Crippen LogP) is 3.13. The van der Waals surface area contributed by atoms with Gasteiger partial charge in [-0.05, 0) is 36.6 Å². The van der Waals surface area contributed by atoms with Crippen molar-refractivity contribution in [1.82, 2.24) is 5.32 Å². The molecule has 2 unspecified atom stereocenters. The van der Waals surface area contributed by atoms with Crippen LogP contribution in [0, 0.1) is 5.82 Å². The fourth-order valence-corrected chi connectivity index (χ4v) is 3.86. The molecule has 0 aliphatic carbocycles. The highest BCUT2D eigenvalue weighted by molar-refractivity contribution is 7.99. The summed E-state index contributed by atoms with van der Waals surface area (Å²) >= 11 is 1.63. The van der Waals surface area contributed by atoms with Crippen LogP contribution in [0.5, 0.6) is 0 Å². The van der Waals surface area contributed by atoms with Crippen LogP contribution in [0.2, 0.25) is 0 Å². The van der Waals surface area contributed by atoms with E-state index in [9.17, 15) is 4.39 Å². The zero-order valence-corrected chi connectivity index (χ0v) is 11.1. The van der Waals surface area contributed by atoms with E-state index in [-0.39, 0.29) is 11.9 Å². The van der Waals surface area contributed by atoms with Gasteiger partial charge in [-0.3, -0.25) is 0 Å². The van der Waals surface area contributed by atoms with E-state index in [0.29, 0.717) is 6.04 Å². The Morgan fingerprint density at radius 2 is 2.28 bits per heavy atom. The number of nitrogens with one attached hydrogen (secondary N) is 1. The average molecular weight is 267 g/mol. The van der Waals surface area contributed by atoms with Gasteiger partial charge < -0.3 is 10.1 Å². The van der Waals surface area contributed by atoms with E-state index in [1.807, 2.05) is 12.1 Å². The van der Waals surface area contributed by atoms with Gasteiger partial charge in [0.25, 0.3) is 0 Å². The van der Waals surface area contributed by atoms with Crippen LogP contribution in [0.4, 0.5) is 4.39 Å². The molecule has 2 aliphatic heterocycles. The molecule has 2 heterocycles. The topological polar surface area (TPSA) is 21.3 Å². The van der Waals surface area contributed by atoms with Crippen molar-refractivity contribution in [3.05, 3.63) is 29.6 Å². The summed E-state index contributed by atoms with van der Waals surface area (Å²) in [5, 5.41) is 3.64. The second-order valence-corrected chi connectivity index (χ2v) is 6.03. The van der Waals surface area contributed by atoms with Gasteiger partial charge in [0, 0.05) is 23.6 Å². The van der Waals surface area contributed by atoms with E-state index in [0.717, 1.165) is 48.7 Å². The van der Waals surface area contributed by atoms with E-state index in [1.165, 1.54) is 0 Å². The molecule has 2 aliphatic rings. The monoisotopic (exact) mass is 267 g/mol. The first-order chi connectivity index (χ1) is 8.84. The van der Waals surface area contributed by atoms with E-state index in [2.05, 4.69) is 5.32 Å². The fraction of sp³-hybridized carbons (Fsp3) is 0.571. The van der Waals surface area contributed by atoms with E-state index < -0.39 is 0 Å². The fourth-order valence-electron chi connectivity index (χ4n) is 2.72. The molecule has 1 aromatic carbocycles. The van der Waals surface area contributed by atoms with Crippen LogP contribution in [0.1, 0.15) is 30.9 Å². The summed E-state index contributed by atoms with van der Waals surface area (Å²) in [6.07, 6.45) is 3.35. The second kappa shape index (κ2) is 5.59. The Morgan fingerprint density at radius 1 is 1.33 bits per heavy atom. The standard InChI is InChI=1S/C14H18FNOS/c15-12-5-1-4-11-13(6-8-18-14(11)12)16-10-3-2-7-17-9-10/h1,4-5,10,13,16H,2-3,6-9H2. The van der Waals surface area contributed by atoms with Crippen LogP contribution in [-0.2, 0) is 4.74 Å². The van der Waals surface area contributed by atoms with Crippen molar-refractivity contribution in [1.29, 1.82) is 0 Å². The quantitative estimate of drug-likeness (QED) is 0.889. The average Bonchev–Trinajstić information content (AvgIpc) is 2.41. The van der Waals surface area contributed by atoms with Crippen LogP contribution in [0.15, 0.2) is 23.1 Å². The van der Waals surface area contributed by atoms with Gasteiger partial charge in [0.1, 0.15) is 5.82 Å². The Morgan fingerprint density at radius 3 is 3.11 bits per heavy atom. The van der Waals surface area contributed by atoms with Gasteiger partial charge in [0.15, 0.2) is 0 Å². The molecule has 18 heavy (non-hydrogen) atoms. The third-order valence-corrected chi connectivity index (χ3v) is 4.78. The molecule has 0 bridgehead atoms. The summed E-state index contributed by atoms with van der Waals surface area (Å²) in [6.45, 7) is 1.66. The number of ether oxygens (including phenoxy) is 1. The van der Waals surface area contributed by atoms with Gasteiger partial charge in [0.05, 0.1) is 6.61 Å². The third-order valence-electron chi connectivity index (χ3n) is 3.62. The minimum Gasteiger partial charge on any atom is -0.380 e. The molecule has 0 radical (unpaired) electrons. The molecule has 1 saturated heterocycles.